The zero-order valence-electron chi connectivity index (χ0n) is 14.7. The second-order valence-electron chi connectivity index (χ2n) is 6.11. The predicted molar refractivity (Wildman–Crippen MR) is 92.5 cm³/mol. The van der Waals surface area contributed by atoms with Crippen LogP contribution in [0.5, 0.6) is 5.75 Å². The molecule has 0 spiro atoms. The summed E-state index contributed by atoms with van der Waals surface area (Å²) in [5.74, 6) is 0.474. The minimum atomic E-state index is -4.53. The molecule has 0 bridgehead atoms. The Morgan fingerprint density at radius 2 is 1.89 bits per heavy atom. The molecule has 0 aliphatic heterocycles. The van der Waals surface area contributed by atoms with Crippen molar-refractivity contribution in [1.29, 1.82) is 0 Å². The van der Waals surface area contributed by atoms with Crippen LogP contribution in [0.15, 0.2) is 30.6 Å². The molecule has 3 aromatic heterocycles. The van der Waals surface area contributed by atoms with E-state index in [0.717, 1.165) is 23.3 Å². The molecule has 1 aromatic carbocycles. The topological polar surface area (TPSA) is 65.2 Å². The number of rotatable bonds is 2. The molecule has 0 unspecified atom stereocenters. The minimum Gasteiger partial charge on any atom is -0.494 e. The summed E-state index contributed by atoms with van der Waals surface area (Å²) >= 11 is 0. The summed E-state index contributed by atoms with van der Waals surface area (Å²) in [5, 5.41) is 8.24. The van der Waals surface area contributed by atoms with E-state index >= 15 is 0 Å². The van der Waals surface area contributed by atoms with Gasteiger partial charge in [0.25, 0.3) is 0 Å². The first-order valence-electron chi connectivity index (χ1n) is 8.03. The third-order valence-electron chi connectivity index (χ3n) is 4.37. The van der Waals surface area contributed by atoms with Crippen LogP contribution in [0, 0.1) is 13.8 Å². The summed E-state index contributed by atoms with van der Waals surface area (Å²) in [5.41, 5.74) is 2.15. The molecule has 0 aliphatic rings. The van der Waals surface area contributed by atoms with Crippen LogP contribution in [0.25, 0.3) is 28.1 Å². The maximum Gasteiger partial charge on any atom is 0.416 e. The van der Waals surface area contributed by atoms with E-state index in [4.69, 9.17) is 4.74 Å². The first kappa shape index (κ1) is 17.2. The summed E-state index contributed by atoms with van der Waals surface area (Å²) in [6.45, 7) is 3.60. The maximum absolute atomic E-state index is 13.4. The lowest BCUT2D eigenvalue weighted by Gasteiger charge is -2.13. The Kier molecular flexibility index (Phi) is 3.76. The van der Waals surface area contributed by atoms with Crippen molar-refractivity contribution in [3.63, 3.8) is 0 Å². The molecular formula is C18H14F3N5O. The number of fused-ring (bicyclic) bond motifs is 3. The van der Waals surface area contributed by atoms with Gasteiger partial charge in [-0.1, -0.05) is 0 Å². The Bertz CT molecular complexity index is 1180. The van der Waals surface area contributed by atoms with Crippen LogP contribution in [0.2, 0.25) is 0 Å². The fourth-order valence-corrected chi connectivity index (χ4v) is 3.05. The highest BCUT2D eigenvalue weighted by Crippen LogP contribution is 2.37. The molecule has 6 nitrogen and oxygen atoms in total. The molecule has 0 fully saturated rings. The van der Waals surface area contributed by atoms with Crippen LogP contribution in [-0.2, 0) is 6.18 Å². The van der Waals surface area contributed by atoms with Crippen molar-refractivity contribution >= 4 is 16.7 Å². The van der Waals surface area contributed by atoms with Crippen molar-refractivity contribution in [2.45, 2.75) is 20.0 Å². The first-order valence-corrected chi connectivity index (χ1v) is 8.03. The van der Waals surface area contributed by atoms with Crippen LogP contribution in [-0.4, -0.2) is 31.7 Å². The van der Waals surface area contributed by atoms with Gasteiger partial charge in [-0.15, -0.1) is 10.2 Å². The van der Waals surface area contributed by atoms with Crippen molar-refractivity contribution < 1.29 is 17.9 Å². The minimum absolute atomic E-state index is 0.00187. The number of benzene rings is 1. The number of ether oxygens (including phenoxy) is 1. The summed E-state index contributed by atoms with van der Waals surface area (Å²) in [6.07, 6.45) is -1.25. The fourth-order valence-electron chi connectivity index (χ4n) is 3.05. The second-order valence-corrected chi connectivity index (χ2v) is 6.11. The number of aromatic nitrogens is 5. The van der Waals surface area contributed by atoms with E-state index in [2.05, 4.69) is 20.2 Å². The van der Waals surface area contributed by atoms with Crippen molar-refractivity contribution in [2.75, 3.05) is 7.11 Å². The normalized spacial score (nSPS) is 12.1. The Balaban J connectivity index is 2.19. The SMILES string of the molecule is COc1cc(C(F)(F)F)cc2c1nnc1c(C)nc(-c3ccncc3C)n12. The molecule has 0 atom stereocenters. The molecule has 27 heavy (non-hydrogen) atoms. The molecule has 9 heteroatoms. The van der Waals surface area contributed by atoms with E-state index in [1.165, 1.54) is 7.11 Å². The predicted octanol–water partition coefficient (Wildman–Crippen LogP) is 3.98. The highest BCUT2D eigenvalue weighted by molar-refractivity contribution is 5.86. The van der Waals surface area contributed by atoms with Crippen molar-refractivity contribution in [3.05, 3.63) is 47.4 Å². The van der Waals surface area contributed by atoms with Crippen molar-refractivity contribution in [2.24, 2.45) is 0 Å². The van der Waals surface area contributed by atoms with E-state index in [1.807, 2.05) is 6.92 Å². The van der Waals surface area contributed by atoms with Crippen LogP contribution >= 0.6 is 0 Å². The van der Waals surface area contributed by atoms with Gasteiger partial charge in [-0.3, -0.25) is 9.38 Å². The summed E-state index contributed by atoms with van der Waals surface area (Å²) in [7, 11) is 1.30. The highest BCUT2D eigenvalue weighted by Gasteiger charge is 2.32. The fraction of sp³-hybridized carbons (Fsp3) is 0.222. The zero-order valence-corrected chi connectivity index (χ0v) is 14.7. The van der Waals surface area contributed by atoms with Gasteiger partial charge in [-0.05, 0) is 37.6 Å². The molecule has 0 amide bonds. The van der Waals surface area contributed by atoms with E-state index in [9.17, 15) is 13.2 Å². The van der Waals surface area contributed by atoms with Gasteiger partial charge in [0.05, 0.1) is 23.9 Å². The second kappa shape index (κ2) is 5.90. The van der Waals surface area contributed by atoms with Crippen LogP contribution < -0.4 is 4.74 Å². The lowest BCUT2D eigenvalue weighted by molar-refractivity contribution is -0.137. The number of hydrogen-bond donors (Lipinski definition) is 0. The van der Waals surface area contributed by atoms with Gasteiger partial charge in [-0.2, -0.15) is 13.2 Å². The molecular weight excluding hydrogens is 359 g/mol. The Labute approximate surface area is 151 Å². The van der Waals surface area contributed by atoms with E-state index in [-0.39, 0.29) is 16.8 Å². The van der Waals surface area contributed by atoms with Gasteiger partial charge in [0, 0.05) is 18.0 Å². The largest absolute Gasteiger partial charge is 0.494 e. The molecule has 0 saturated heterocycles. The molecule has 3 heterocycles. The van der Waals surface area contributed by atoms with Crippen LogP contribution in [0.3, 0.4) is 0 Å². The molecule has 0 aliphatic carbocycles. The monoisotopic (exact) mass is 373 g/mol. The first-order chi connectivity index (χ1) is 12.8. The third kappa shape index (κ3) is 2.66. The molecule has 4 aromatic rings. The molecule has 4 rings (SSSR count). The lowest BCUT2D eigenvalue weighted by atomic mass is 10.1. The van der Waals surface area contributed by atoms with Crippen LogP contribution in [0.1, 0.15) is 16.8 Å². The average Bonchev–Trinajstić information content (AvgIpc) is 2.97. The van der Waals surface area contributed by atoms with Gasteiger partial charge >= 0.3 is 6.18 Å². The number of imidazole rings is 1. The number of hydrogen-bond acceptors (Lipinski definition) is 5. The number of methoxy groups -OCH3 is 1. The van der Waals surface area contributed by atoms with Crippen LogP contribution in [0.4, 0.5) is 13.2 Å². The Morgan fingerprint density at radius 3 is 2.56 bits per heavy atom. The van der Waals surface area contributed by atoms with Gasteiger partial charge < -0.3 is 4.74 Å². The third-order valence-corrected chi connectivity index (χ3v) is 4.37. The lowest BCUT2D eigenvalue weighted by Crippen LogP contribution is -2.08. The van der Waals surface area contributed by atoms with E-state index in [1.54, 1.807) is 29.8 Å². The van der Waals surface area contributed by atoms with Crippen molar-refractivity contribution in [3.8, 4) is 17.1 Å². The molecule has 0 saturated carbocycles. The maximum atomic E-state index is 13.4. The zero-order chi connectivity index (χ0) is 19.3. The van der Waals surface area contributed by atoms with E-state index in [0.29, 0.717) is 17.2 Å². The van der Waals surface area contributed by atoms with E-state index < -0.39 is 11.7 Å². The quantitative estimate of drug-likeness (QED) is 0.532. The standard InChI is InChI=1S/C18H14F3N5O/c1-9-8-22-5-4-12(9)17-23-10(2)16-25-24-15-13(26(16)17)6-11(18(19,20)21)7-14(15)27-3/h4-8H,1-3H3. The number of pyridine rings is 1. The Morgan fingerprint density at radius 1 is 1.11 bits per heavy atom. The summed E-state index contributed by atoms with van der Waals surface area (Å²) in [6, 6.07) is 3.73. The number of aryl methyl sites for hydroxylation is 2. The molecule has 0 radical (unpaired) electrons. The van der Waals surface area contributed by atoms with Gasteiger partial charge in [0.2, 0.25) is 0 Å². The molecule has 0 N–H and O–H groups in total. The highest BCUT2D eigenvalue weighted by atomic mass is 19.4. The van der Waals surface area contributed by atoms with Gasteiger partial charge in [-0.25, -0.2) is 4.98 Å². The number of halogens is 3. The van der Waals surface area contributed by atoms with Gasteiger partial charge in [0.1, 0.15) is 11.6 Å². The smallest absolute Gasteiger partial charge is 0.416 e. The van der Waals surface area contributed by atoms with Gasteiger partial charge in [0.15, 0.2) is 11.2 Å². The average molecular weight is 373 g/mol. The summed E-state index contributed by atoms with van der Waals surface area (Å²) in [4.78, 5) is 8.59. The number of alkyl halides is 3. The molecule has 138 valence electrons. The summed E-state index contributed by atoms with van der Waals surface area (Å²) < 4.78 is 46.9. The number of nitrogens with zero attached hydrogens (tertiary/aromatic N) is 5. The van der Waals surface area contributed by atoms with Crippen molar-refractivity contribution in [1.82, 2.24) is 24.6 Å². The Hall–Kier alpha value is -3.23.